The van der Waals surface area contributed by atoms with Crippen LogP contribution in [0.2, 0.25) is 0 Å². The van der Waals surface area contributed by atoms with Gasteiger partial charge in [-0.05, 0) is 43.7 Å². The van der Waals surface area contributed by atoms with Gasteiger partial charge in [-0.3, -0.25) is 14.5 Å². The molecule has 7 heteroatoms. The second kappa shape index (κ2) is 9.71. The Balaban J connectivity index is 1.46. The number of carbonyl (C=O) groups excluding carboxylic acids is 2. The zero-order valence-corrected chi connectivity index (χ0v) is 16.1. The molecule has 148 valence electrons. The number of ether oxygens (including phenoxy) is 1. The summed E-state index contributed by atoms with van der Waals surface area (Å²) in [4.78, 5) is 28.4. The van der Waals surface area contributed by atoms with Crippen LogP contribution >= 0.6 is 0 Å². The van der Waals surface area contributed by atoms with Gasteiger partial charge in [0.25, 0.3) is 0 Å². The molecule has 2 aliphatic heterocycles. The van der Waals surface area contributed by atoms with Crippen LogP contribution in [0.5, 0.6) is 0 Å². The third-order valence-electron chi connectivity index (χ3n) is 5.09. The van der Waals surface area contributed by atoms with Gasteiger partial charge in [-0.15, -0.1) is 0 Å². The minimum Gasteiger partial charge on any atom is -0.378 e. The number of likely N-dealkylation sites (tertiary alicyclic amines) is 1. The van der Waals surface area contributed by atoms with E-state index in [0.717, 1.165) is 63.6 Å². The number of morpholine rings is 1. The van der Waals surface area contributed by atoms with E-state index in [-0.39, 0.29) is 17.9 Å². The third kappa shape index (κ3) is 5.94. The zero-order valence-electron chi connectivity index (χ0n) is 16.1. The molecule has 0 saturated carbocycles. The number of nitrogens with one attached hydrogen (secondary N) is 2. The topological polar surface area (TPSA) is 73.9 Å². The number of rotatable bonds is 6. The third-order valence-corrected chi connectivity index (χ3v) is 5.09. The van der Waals surface area contributed by atoms with E-state index in [1.54, 1.807) is 0 Å². The number of amides is 2. The predicted octanol–water partition coefficient (Wildman–Crippen LogP) is 1.45. The van der Waals surface area contributed by atoms with Crippen LogP contribution in [-0.2, 0) is 14.3 Å². The first-order valence-electron chi connectivity index (χ1n) is 9.88. The van der Waals surface area contributed by atoms with Crippen LogP contribution in [0, 0.1) is 0 Å². The fourth-order valence-electron chi connectivity index (χ4n) is 3.63. The molecule has 1 aromatic carbocycles. The molecule has 7 nitrogen and oxygen atoms in total. The van der Waals surface area contributed by atoms with Gasteiger partial charge in [-0.1, -0.05) is 6.92 Å². The number of carbonyl (C=O) groups is 2. The average molecular weight is 374 g/mol. The molecule has 27 heavy (non-hydrogen) atoms. The summed E-state index contributed by atoms with van der Waals surface area (Å²) in [6.07, 6.45) is 2.47. The van der Waals surface area contributed by atoms with Gasteiger partial charge in [-0.25, -0.2) is 0 Å². The summed E-state index contributed by atoms with van der Waals surface area (Å²) in [5.41, 5.74) is 1.96. The highest BCUT2D eigenvalue weighted by atomic mass is 16.5. The van der Waals surface area contributed by atoms with Gasteiger partial charge in [0.05, 0.1) is 19.8 Å². The van der Waals surface area contributed by atoms with Crippen molar-refractivity contribution in [2.45, 2.75) is 32.2 Å². The van der Waals surface area contributed by atoms with Crippen molar-refractivity contribution >= 4 is 23.2 Å². The van der Waals surface area contributed by atoms with Crippen molar-refractivity contribution in [1.29, 1.82) is 0 Å². The second-order valence-electron chi connectivity index (χ2n) is 7.19. The summed E-state index contributed by atoms with van der Waals surface area (Å²) < 4.78 is 5.38. The molecule has 3 rings (SSSR count). The number of piperidine rings is 1. The average Bonchev–Trinajstić information content (AvgIpc) is 2.69. The van der Waals surface area contributed by atoms with E-state index in [1.807, 2.05) is 31.2 Å². The monoisotopic (exact) mass is 374 g/mol. The van der Waals surface area contributed by atoms with E-state index in [1.165, 1.54) is 0 Å². The molecule has 1 unspecified atom stereocenters. The van der Waals surface area contributed by atoms with Crippen molar-refractivity contribution in [3.8, 4) is 0 Å². The number of hydrogen-bond donors (Lipinski definition) is 2. The summed E-state index contributed by atoms with van der Waals surface area (Å²) in [7, 11) is 0. The van der Waals surface area contributed by atoms with Crippen molar-refractivity contribution in [3.05, 3.63) is 24.3 Å². The molecule has 2 N–H and O–H groups in total. The molecule has 2 heterocycles. The van der Waals surface area contributed by atoms with E-state index in [2.05, 4.69) is 20.4 Å². The van der Waals surface area contributed by atoms with Crippen LogP contribution in [0.25, 0.3) is 0 Å². The van der Waals surface area contributed by atoms with Crippen LogP contribution in [0.3, 0.4) is 0 Å². The van der Waals surface area contributed by atoms with Crippen LogP contribution in [-0.4, -0.2) is 68.7 Å². The standard InChI is InChI=1S/C20H30N4O3/c1-2-19(25)22-17-4-3-9-23(14-17)15-20(26)21-16-5-7-18(8-6-16)24-10-12-27-13-11-24/h5-8,17H,2-4,9-15H2,1H3,(H,21,26)(H,22,25). The summed E-state index contributed by atoms with van der Waals surface area (Å²) in [5, 5.41) is 6.01. The van der Waals surface area contributed by atoms with Crippen LogP contribution in [0.1, 0.15) is 26.2 Å². The highest BCUT2D eigenvalue weighted by Gasteiger charge is 2.22. The maximum absolute atomic E-state index is 12.4. The van der Waals surface area contributed by atoms with Gasteiger partial charge in [0.1, 0.15) is 0 Å². The Labute approximate surface area is 161 Å². The molecule has 2 fully saturated rings. The summed E-state index contributed by atoms with van der Waals surface area (Å²) in [6, 6.07) is 8.12. The molecule has 2 amide bonds. The maximum Gasteiger partial charge on any atom is 0.238 e. The van der Waals surface area contributed by atoms with Gasteiger partial charge >= 0.3 is 0 Å². The summed E-state index contributed by atoms with van der Waals surface area (Å²) >= 11 is 0. The molecule has 0 aliphatic carbocycles. The Hall–Kier alpha value is -2.12. The first kappa shape index (κ1) is 19.6. The van der Waals surface area contributed by atoms with Gasteiger partial charge in [-0.2, -0.15) is 0 Å². The summed E-state index contributed by atoms with van der Waals surface area (Å²) in [6.45, 7) is 7.14. The Kier molecular flexibility index (Phi) is 7.06. The Morgan fingerprint density at radius 1 is 1.11 bits per heavy atom. The molecule has 2 aliphatic rings. The quantitative estimate of drug-likeness (QED) is 0.789. The molecule has 2 saturated heterocycles. The molecule has 1 aromatic rings. The first-order chi connectivity index (χ1) is 13.1. The lowest BCUT2D eigenvalue weighted by Crippen LogP contribution is -2.49. The first-order valence-corrected chi connectivity index (χ1v) is 9.88. The number of hydrogen-bond acceptors (Lipinski definition) is 5. The lowest BCUT2D eigenvalue weighted by atomic mass is 10.1. The van der Waals surface area contributed by atoms with Gasteiger partial charge in [0.15, 0.2) is 0 Å². The van der Waals surface area contributed by atoms with E-state index in [0.29, 0.717) is 13.0 Å². The van der Waals surface area contributed by atoms with Gasteiger partial charge in [0, 0.05) is 43.5 Å². The van der Waals surface area contributed by atoms with Crippen molar-refractivity contribution in [2.75, 3.05) is 56.2 Å². The number of nitrogens with zero attached hydrogens (tertiary/aromatic N) is 2. The minimum atomic E-state index is -0.0170. The zero-order chi connectivity index (χ0) is 19.1. The Morgan fingerprint density at radius 3 is 2.56 bits per heavy atom. The molecule has 0 bridgehead atoms. The van der Waals surface area contributed by atoms with Crippen molar-refractivity contribution < 1.29 is 14.3 Å². The largest absolute Gasteiger partial charge is 0.378 e. The lowest BCUT2D eigenvalue weighted by Gasteiger charge is -2.32. The molecule has 0 aromatic heterocycles. The molecule has 1 atom stereocenters. The number of anilines is 2. The van der Waals surface area contributed by atoms with E-state index in [4.69, 9.17) is 4.74 Å². The number of benzene rings is 1. The van der Waals surface area contributed by atoms with Crippen LogP contribution < -0.4 is 15.5 Å². The maximum atomic E-state index is 12.4. The second-order valence-corrected chi connectivity index (χ2v) is 7.19. The van der Waals surface area contributed by atoms with Gasteiger partial charge < -0.3 is 20.3 Å². The van der Waals surface area contributed by atoms with Crippen LogP contribution in [0.15, 0.2) is 24.3 Å². The molecular formula is C20H30N4O3. The lowest BCUT2D eigenvalue weighted by molar-refractivity contribution is -0.121. The van der Waals surface area contributed by atoms with E-state index in [9.17, 15) is 9.59 Å². The van der Waals surface area contributed by atoms with E-state index >= 15 is 0 Å². The fraction of sp³-hybridized carbons (Fsp3) is 0.600. The normalized spacial score (nSPS) is 20.9. The highest BCUT2D eigenvalue weighted by molar-refractivity contribution is 5.92. The van der Waals surface area contributed by atoms with Crippen molar-refractivity contribution in [1.82, 2.24) is 10.2 Å². The van der Waals surface area contributed by atoms with Gasteiger partial charge in [0.2, 0.25) is 11.8 Å². The highest BCUT2D eigenvalue weighted by Crippen LogP contribution is 2.19. The Morgan fingerprint density at radius 2 is 1.85 bits per heavy atom. The SMILES string of the molecule is CCC(=O)NC1CCCN(CC(=O)Nc2ccc(N3CCOCC3)cc2)C1. The summed E-state index contributed by atoms with van der Waals surface area (Å²) in [5.74, 6) is 0.0586. The molecular weight excluding hydrogens is 344 g/mol. The fourth-order valence-corrected chi connectivity index (χ4v) is 3.63. The molecule has 0 spiro atoms. The van der Waals surface area contributed by atoms with Crippen molar-refractivity contribution in [2.24, 2.45) is 0 Å². The van der Waals surface area contributed by atoms with Crippen LogP contribution in [0.4, 0.5) is 11.4 Å². The smallest absolute Gasteiger partial charge is 0.238 e. The Bertz CT molecular complexity index is 629. The minimum absolute atomic E-state index is 0.0170. The van der Waals surface area contributed by atoms with Crippen molar-refractivity contribution in [3.63, 3.8) is 0 Å². The molecule has 0 radical (unpaired) electrons. The predicted molar refractivity (Wildman–Crippen MR) is 106 cm³/mol. The van der Waals surface area contributed by atoms with E-state index < -0.39 is 0 Å².